The number of Topliss-reactive ketones (excluding diaryl/α,β-unsaturated/α-hetero) is 1. The first-order valence-electron chi connectivity index (χ1n) is 20.6. The van der Waals surface area contributed by atoms with Crippen LogP contribution in [-0.4, -0.2) is 108 Å². The quantitative estimate of drug-likeness (QED) is 0.121. The maximum Gasteiger partial charge on any atom is 0.410 e. The average Bonchev–Trinajstić information content (AvgIpc) is 3.61. The molecule has 4 amide bonds. The van der Waals surface area contributed by atoms with Crippen molar-refractivity contribution >= 4 is 46.3 Å². The fraction of sp³-hybridized carbons (Fsp3) is 0.489. The molecule has 0 aromatic heterocycles. The molecule has 0 saturated carbocycles. The van der Waals surface area contributed by atoms with Crippen molar-refractivity contribution in [1.29, 1.82) is 0 Å². The topological polar surface area (TPSA) is 187 Å². The molecule has 1 aliphatic rings. The second kappa shape index (κ2) is 20.7. The number of nitrogens with one attached hydrogen (secondary N) is 2. The summed E-state index contributed by atoms with van der Waals surface area (Å²) >= 11 is 0. The molecule has 330 valence electrons. The molecule has 0 aliphatic carbocycles. The van der Waals surface area contributed by atoms with Gasteiger partial charge in [0.2, 0.25) is 17.7 Å². The van der Waals surface area contributed by atoms with Crippen molar-refractivity contribution in [3.63, 3.8) is 0 Å². The van der Waals surface area contributed by atoms with E-state index in [4.69, 9.17) is 19.9 Å². The largest absolute Gasteiger partial charge is 0.490 e. The van der Waals surface area contributed by atoms with Gasteiger partial charge in [-0.3, -0.25) is 28.9 Å². The molecular weight excluding hydrogens is 779 g/mol. The van der Waals surface area contributed by atoms with E-state index in [2.05, 4.69) is 17.2 Å². The van der Waals surface area contributed by atoms with Crippen molar-refractivity contribution < 1.29 is 43.0 Å². The molecule has 0 radical (unpaired) electrons. The van der Waals surface area contributed by atoms with Crippen LogP contribution in [0.2, 0.25) is 0 Å². The number of rotatable bonds is 17. The van der Waals surface area contributed by atoms with Gasteiger partial charge in [-0.25, -0.2) is 4.79 Å². The summed E-state index contributed by atoms with van der Waals surface area (Å²) in [5, 5.41) is 7.71. The summed E-state index contributed by atoms with van der Waals surface area (Å²) in [7, 11) is 2.70. The minimum atomic E-state index is -1.12. The van der Waals surface area contributed by atoms with E-state index in [1.54, 1.807) is 59.8 Å². The van der Waals surface area contributed by atoms with E-state index in [0.29, 0.717) is 12.4 Å². The molecule has 14 nitrogen and oxygen atoms in total. The molecule has 0 spiro atoms. The highest BCUT2D eigenvalue weighted by Crippen LogP contribution is 2.27. The zero-order chi connectivity index (χ0) is 45.2. The van der Waals surface area contributed by atoms with Gasteiger partial charge in [-0.1, -0.05) is 88.0 Å². The van der Waals surface area contributed by atoms with E-state index in [1.807, 2.05) is 54.6 Å². The molecule has 3 aromatic rings. The van der Waals surface area contributed by atoms with Gasteiger partial charge in [-0.2, -0.15) is 0 Å². The Morgan fingerprint density at radius 3 is 2.16 bits per heavy atom. The Hall–Kier alpha value is -5.76. The smallest absolute Gasteiger partial charge is 0.410 e. The minimum absolute atomic E-state index is 0.0257. The predicted molar refractivity (Wildman–Crippen MR) is 233 cm³/mol. The Morgan fingerprint density at radius 2 is 1.56 bits per heavy atom. The third kappa shape index (κ3) is 13.4. The molecule has 3 aromatic carbocycles. The molecule has 14 heteroatoms. The first-order valence-corrected chi connectivity index (χ1v) is 20.6. The second-order valence-electron chi connectivity index (χ2n) is 17.9. The summed E-state index contributed by atoms with van der Waals surface area (Å²) in [6.45, 7) is 16.0. The van der Waals surface area contributed by atoms with Gasteiger partial charge in [-0.15, -0.1) is 0 Å². The van der Waals surface area contributed by atoms with E-state index < -0.39 is 82.7 Å². The Labute approximate surface area is 359 Å². The second-order valence-corrected chi connectivity index (χ2v) is 17.9. The Kier molecular flexibility index (Phi) is 16.2. The summed E-state index contributed by atoms with van der Waals surface area (Å²) in [5.41, 5.74) is 6.35. The molecule has 1 fully saturated rings. The number of methoxy groups -OCH3 is 1. The number of fused-ring (bicyclic) bond motifs is 1. The van der Waals surface area contributed by atoms with Crippen molar-refractivity contribution in [2.45, 2.75) is 110 Å². The molecule has 4 rings (SSSR count). The molecule has 4 N–H and O–H groups in total. The van der Waals surface area contributed by atoms with E-state index in [1.165, 1.54) is 26.0 Å². The van der Waals surface area contributed by atoms with Gasteiger partial charge < -0.3 is 35.5 Å². The van der Waals surface area contributed by atoms with Crippen molar-refractivity contribution in [3.8, 4) is 5.75 Å². The number of carbonyl (C=O) groups excluding carboxylic acids is 6. The van der Waals surface area contributed by atoms with Crippen LogP contribution >= 0.6 is 0 Å². The molecule has 0 bridgehead atoms. The summed E-state index contributed by atoms with van der Waals surface area (Å²) < 4.78 is 16.1. The lowest BCUT2D eigenvalue weighted by Gasteiger charge is -2.37. The highest BCUT2D eigenvalue weighted by molar-refractivity contribution is 5.97. The summed E-state index contributed by atoms with van der Waals surface area (Å²) in [4.78, 5) is 85.3. The molecule has 1 saturated heterocycles. The van der Waals surface area contributed by atoms with Gasteiger partial charge in [0.05, 0.1) is 19.1 Å². The number of esters is 1. The lowest BCUT2D eigenvalue weighted by molar-refractivity contribution is -0.147. The van der Waals surface area contributed by atoms with Crippen LogP contribution < -0.4 is 21.1 Å². The highest BCUT2D eigenvalue weighted by atomic mass is 16.6. The Balaban J connectivity index is 1.60. The van der Waals surface area contributed by atoms with Gasteiger partial charge in [0.1, 0.15) is 36.1 Å². The van der Waals surface area contributed by atoms with E-state index in [9.17, 15) is 28.8 Å². The number of likely N-dealkylation sites (tertiary alicyclic amines) is 1. The number of ketones is 1. The normalized spacial score (nSPS) is 17.3. The van der Waals surface area contributed by atoms with E-state index >= 15 is 0 Å². The van der Waals surface area contributed by atoms with Gasteiger partial charge in [0, 0.05) is 26.1 Å². The molecule has 1 heterocycles. The average molecular weight is 842 g/mol. The third-order valence-corrected chi connectivity index (χ3v) is 10.7. The van der Waals surface area contributed by atoms with Crippen LogP contribution in [0.4, 0.5) is 4.79 Å². The van der Waals surface area contributed by atoms with Gasteiger partial charge >= 0.3 is 12.1 Å². The van der Waals surface area contributed by atoms with Crippen LogP contribution in [0.25, 0.3) is 10.8 Å². The lowest BCUT2D eigenvalue weighted by Crippen LogP contribution is -2.60. The van der Waals surface area contributed by atoms with Crippen LogP contribution in [-0.2, 0) is 46.3 Å². The standard InChI is InChI=1S/C47H63N5O9/c1-11-22-60-36-20-17-30(18-21-36)23-34(44(57)59-10)26-39(53)37(25-31-16-19-32-14-12-13-15-33(32)24-31)49-42(55)38-27-35(48)28-52(38)43(56)40(46(3,4)5)50-41(54)29(2)51(9)45(58)61-47(6,7)8/h11-21,24,29,34-35,37-38,40H,1,22-23,25-28,48H2,2-10H3,(H,49,55)(H,50,54)/t29-,34?,35-,37-,38-,40?/m0/s1. The number of carbonyl (C=O) groups is 6. The number of ether oxygens (including phenoxy) is 3. The minimum Gasteiger partial charge on any atom is -0.490 e. The maximum absolute atomic E-state index is 14.5. The molecule has 2 unspecified atom stereocenters. The SMILES string of the molecule is C=CCOc1ccc(CC(CC(=O)[C@H](Cc2ccc3ccccc3c2)NC(=O)[C@@H]2C[C@H](N)CN2C(=O)C(NC(=O)[C@H](C)N(C)C(=O)OC(C)(C)C)C(C)(C)C)C(=O)OC)cc1. The van der Waals surface area contributed by atoms with Crippen molar-refractivity contribution in [2.24, 2.45) is 17.1 Å². The number of benzene rings is 3. The lowest BCUT2D eigenvalue weighted by atomic mass is 9.85. The molecular formula is C47H63N5O9. The van der Waals surface area contributed by atoms with E-state index in [-0.39, 0.29) is 32.2 Å². The Morgan fingerprint density at radius 1 is 0.918 bits per heavy atom. The number of nitrogens with two attached hydrogens (primary N) is 1. The number of nitrogens with zero attached hydrogens (tertiary/aromatic N) is 2. The maximum atomic E-state index is 14.5. The monoisotopic (exact) mass is 841 g/mol. The van der Waals surface area contributed by atoms with Crippen molar-refractivity contribution in [1.82, 2.24) is 20.4 Å². The fourth-order valence-electron chi connectivity index (χ4n) is 7.17. The number of hydrogen-bond acceptors (Lipinski definition) is 10. The van der Waals surface area contributed by atoms with Crippen LogP contribution in [0.1, 0.15) is 72.4 Å². The third-order valence-electron chi connectivity index (χ3n) is 10.7. The molecule has 1 aliphatic heterocycles. The number of amides is 4. The summed E-state index contributed by atoms with van der Waals surface area (Å²) in [6.07, 6.45) is 1.11. The van der Waals surface area contributed by atoms with E-state index in [0.717, 1.165) is 26.8 Å². The van der Waals surface area contributed by atoms with Crippen LogP contribution in [0, 0.1) is 11.3 Å². The predicted octanol–water partition coefficient (Wildman–Crippen LogP) is 5.14. The first kappa shape index (κ1) is 47.9. The molecule has 6 atom stereocenters. The highest BCUT2D eigenvalue weighted by Gasteiger charge is 2.45. The molecule has 61 heavy (non-hydrogen) atoms. The Bertz CT molecular complexity index is 2060. The van der Waals surface area contributed by atoms with Crippen molar-refractivity contribution in [2.75, 3.05) is 27.3 Å². The first-order chi connectivity index (χ1) is 28.6. The van der Waals surface area contributed by atoms with Crippen LogP contribution in [0.3, 0.4) is 0 Å². The summed E-state index contributed by atoms with van der Waals surface area (Å²) in [5.74, 6) is -2.93. The van der Waals surface area contributed by atoms with Gasteiger partial charge in [0.25, 0.3) is 0 Å². The fourth-order valence-corrected chi connectivity index (χ4v) is 7.17. The van der Waals surface area contributed by atoms with Crippen LogP contribution in [0.5, 0.6) is 5.75 Å². The summed E-state index contributed by atoms with van der Waals surface area (Å²) in [6, 6.07) is 15.9. The zero-order valence-corrected chi connectivity index (χ0v) is 37.0. The number of hydrogen-bond donors (Lipinski definition) is 3. The van der Waals surface area contributed by atoms with Crippen molar-refractivity contribution in [3.05, 3.63) is 90.5 Å². The van der Waals surface area contributed by atoms with Gasteiger partial charge in [-0.05, 0) is 86.4 Å². The van der Waals surface area contributed by atoms with Crippen LogP contribution in [0.15, 0.2) is 79.4 Å². The number of likely N-dealkylation sites (N-methyl/N-ethyl adjacent to an activating group) is 1. The van der Waals surface area contributed by atoms with Gasteiger partial charge in [0.15, 0.2) is 5.78 Å². The zero-order valence-electron chi connectivity index (χ0n) is 37.0.